The van der Waals surface area contributed by atoms with Gasteiger partial charge in [0.15, 0.2) is 0 Å². The van der Waals surface area contributed by atoms with Gasteiger partial charge in [0.25, 0.3) is 0 Å². The van der Waals surface area contributed by atoms with E-state index in [1.807, 2.05) is 0 Å². The number of aromatic amines is 1. The molecular formula is C6H7F3N2. The van der Waals surface area contributed by atoms with Gasteiger partial charge in [-0.1, -0.05) is 0 Å². The molecular weight excluding hydrogens is 157 g/mol. The lowest BCUT2D eigenvalue weighted by molar-refractivity contribution is -0.149. The topological polar surface area (TPSA) is 41.8 Å². The quantitative estimate of drug-likeness (QED) is 0.650. The van der Waals surface area contributed by atoms with E-state index in [4.69, 9.17) is 5.73 Å². The van der Waals surface area contributed by atoms with E-state index in [0.717, 1.165) is 0 Å². The lowest BCUT2D eigenvalue weighted by Gasteiger charge is -2.13. The summed E-state index contributed by atoms with van der Waals surface area (Å²) in [6, 6.07) is 0.872. The summed E-state index contributed by atoms with van der Waals surface area (Å²) >= 11 is 0. The summed E-state index contributed by atoms with van der Waals surface area (Å²) < 4.78 is 35.6. The predicted molar refractivity (Wildman–Crippen MR) is 33.8 cm³/mol. The number of hydrogen-bond acceptors (Lipinski definition) is 1. The van der Waals surface area contributed by atoms with Gasteiger partial charge in [-0.05, 0) is 12.1 Å². The summed E-state index contributed by atoms with van der Waals surface area (Å²) in [7, 11) is 0. The number of hydrogen-bond donors (Lipinski definition) is 2. The van der Waals surface area contributed by atoms with Crippen LogP contribution in [-0.4, -0.2) is 11.2 Å². The molecule has 1 unspecified atom stereocenters. The number of halogens is 3. The highest BCUT2D eigenvalue weighted by atomic mass is 19.4. The molecule has 2 nitrogen and oxygen atoms in total. The number of nitrogens with one attached hydrogen (secondary N) is 1. The van der Waals surface area contributed by atoms with Gasteiger partial charge >= 0.3 is 6.18 Å². The van der Waals surface area contributed by atoms with Crippen molar-refractivity contribution in [2.75, 3.05) is 0 Å². The van der Waals surface area contributed by atoms with Crippen molar-refractivity contribution in [3.63, 3.8) is 0 Å². The molecule has 0 radical (unpaired) electrons. The van der Waals surface area contributed by atoms with Crippen LogP contribution in [0.5, 0.6) is 0 Å². The van der Waals surface area contributed by atoms with Gasteiger partial charge in [0.05, 0.1) is 0 Å². The maximum Gasteiger partial charge on any atom is 0.409 e. The zero-order chi connectivity index (χ0) is 8.48. The molecule has 1 rings (SSSR count). The zero-order valence-corrected chi connectivity index (χ0v) is 5.52. The third-order valence-corrected chi connectivity index (χ3v) is 1.31. The molecule has 0 bridgehead atoms. The molecule has 0 spiro atoms. The van der Waals surface area contributed by atoms with Crippen molar-refractivity contribution in [3.8, 4) is 0 Å². The van der Waals surface area contributed by atoms with E-state index in [1.54, 1.807) is 0 Å². The maximum atomic E-state index is 11.9. The van der Waals surface area contributed by atoms with Crippen LogP contribution in [0.15, 0.2) is 18.3 Å². The minimum absolute atomic E-state index is 0.0162. The molecule has 0 aliphatic heterocycles. The minimum Gasteiger partial charge on any atom is -0.363 e. The summed E-state index contributed by atoms with van der Waals surface area (Å²) in [6.45, 7) is 0. The lowest BCUT2D eigenvalue weighted by Crippen LogP contribution is -2.28. The molecule has 3 N–H and O–H groups in total. The van der Waals surface area contributed by atoms with Crippen molar-refractivity contribution in [1.29, 1.82) is 0 Å². The van der Waals surface area contributed by atoms with Crippen LogP contribution in [0.1, 0.15) is 11.7 Å². The van der Waals surface area contributed by atoms with Crippen molar-refractivity contribution in [2.24, 2.45) is 5.73 Å². The molecule has 11 heavy (non-hydrogen) atoms. The number of alkyl halides is 3. The Labute approximate surface area is 61.2 Å². The third kappa shape index (κ3) is 1.74. The van der Waals surface area contributed by atoms with E-state index in [2.05, 4.69) is 4.98 Å². The average Bonchev–Trinajstić information content (AvgIpc) is 2.34. The molecule has 1 heterocycles. The van der Waals surface area contributed by atoms with E-state index < -0.39 is 12.2 Å². The molecule has 0 aliphatic rings. The highest BCUT2D eigenvalue weighted by Crippen LogP contribution is 2.28. The highest BCUT2D eigenvalue weighted by Gasteiger charge is 2.38. The predicted octanol–water partition coefficient (Wildman–Crippen LogP) is 1.58. The summed E-state index contributed by atoms with van der Waals surface area (Å²) in [6.07, 6.45) is -2.97. The molecule has 0 fully saturated rings. The first-order valence-corrected chi connectivity index (χ1v) is 2.97. The van der Waals surface area contributed by atoms with Crippen LogP contribution in [0.25, 0.3) is 0 Å². The monoisotopic (exact) mass is 164 g/mol. The normalized spacial score (nSPS) is 14.9. The van der Waals surface area contributed by atoms with Crippen LogP contribution in [0, 0.1) is 0 Å². The summed E-state index contributed by atoms with van der Waals surface area (Å²) in [4.78, 5) is 2.40. The SMILES string of the molecule is NC(c1ccc[nH]1)C(F)(F)F. The van der Waals surface area contributed by atoms with E-state index in [0.29, 0.717) is 0 Å². The number of aromatic nitrogens is 1. The minimum atomic E-state index is -4.37. The van der Waals surface area contributed by atoms with Crippen LogP contribution < -0.4 is 5.73 Å². The van der Waals surface area contributed by atoms with Crippen LogP contribution in [0.2, 0.25) is 0 Å². The summed E-state index contributed by atoms with van der Waals surface area (Å²) in [5.74, 6) is 0. The Morgan fingerprint density at radius 1 is 1.45 bits per heavy atom. The molecule has 62 valence electrons. The van der Waals surface area contributed by atoms with Crippen molar-refractivity contribution >= 4 is 0 Å². The fourth-order valence-electron chi connectivity index (χ4n) is 0.714. The Hall–Kier alpha value is -0.970. The molecule has 0 aliphatic carbocycles. The molecule has 0 saturated heterocycles. The average molecular weight is 164 g/mol. The fraction of sp³-hybridized carbons (Fsp3) is 0.333. The van der Waals surface area contributed by atoms with Crippen molar-refractivity contribution in [2.45, 2.75) is 12.2 Å². The summed E-state index contributed by atoms with van der Waals surface area (Å²) in [5.41, 5.74) is 4.84. The molecule has 1 aromatic rings. The molecule has 0 aromatic carbocycles. The van der Waals surface area contributed by atoms with E-state index in [1.165, 1.54) is 18.3 Å². The first-order chi connectivity index (χ1) is 5.02. The Bertz CT molecular complexity index is 214. The molecule has 1 aromatic heterocycles. The molecule has 0 saturated carbocycles. The van der Waals surface area contributed by atoms with Crippen LogP contribution in [-0.2, 0) is 0 Å². The molecule has 5 heteroatoms. The van der Waals surface area contributed by atoms with Gasteiger partial charge in [-0.15, -0.1) is 0 Å². The van der Waals surface area contributed by atoms with Crippen molar-refractivity contribution in [3.05, 3.63) is 24.0 Å². The van der Waals surface area contributed by atoms with Crippen LogP contribution >= 0.6 is 0 Å². The lowest BCUT2D eigenvalue weighted by atomic mass is 10.2. The van der Waals surface area contributed by atoms with Gasteiger partial charge in [0, 0.05) is 11.9 Å². The highest BCUT2D eigenvalue weighted by molar-refractivity contribution is 5.10. The van der Waals surface area contributed by atoms with Gasteiger partial charge in [-0.25, -0.2) is 0 Å². The second-order valence-electron chi connectivity index (χ2n) is 2.14. The Kier molecular flexibility index (Phi) is 1.90. The Morgan fingerprint density at radius 2 is 2.09 bits per heavy atom. The van der Waals surface area contributed by atoms with Gasteiger partial charge in [-0.3, -0.25) is 0 Å². The summed E-state index contributed by atoms with van der Waals surface area (Å²) in [5, 5.41) is 0. The van der Waals surface area contributed by atoms with Crippen LogP contribution in [0.3, 0.4) is 0 Å². The molecule has 0 amide bonds. The standard InChI is InChI=1S/C6H7F3N2/c7-6(8,9)5(10)4-2-1-3-11-4/h1-3,5,11H,10H2. The van der Waals surface area contributed by atoms with Gasteiger partial charge in [0.2, 0.25) is 0 Å². The van der Waals surface area contributed by atoms with E-state index in [9.17, 15) is 13.2 Å². The number of nitrogens with two attached hydrogens (primary N) is 1. The number of rotatable bonds is 1. The van der Waals surface area contributed by atoms with Gasteiger partial charge < -0.3 is 10.7 Å². The molecule has 1 atom stereocenters. The van der Waals surface area contributed by atoms with Gasteiger partial charge in [0.1, 0.15) is 6.04 Å². The smallest absolute Gasteiger partial charge is 0.363 e. The van der Waals surface area contributed by atoms with E-state index in [-0.39, 0.29) is 5.69 Å². The first-order valence-electron chi connectivity index (χ1n) is 2.97. The maximum absolute atomic E-state index is 11.9. The van der Waals surface area contributed by atoms with E-state index >= 15 is 0 Å². The Balaban J connectivity index is 2.78. The number of H-pyrrole nitrogens is 1. The zero-order valence-electron chi connectivity index (χ0n) is 5.52. The Morgan fingerprint density at radius 3 is 2.45 bits per heavy atom. The van der Waals surface area contributed by atoms with Crippen molar-refractivity contribution in [1.82, 2.24) is 4.98 Å². The third-order valence-electron chi connectivity index (χ3n) is 1.31. The first kappa shape index (κ1) is 8.13. The van der Waals surface area contributed by atoms with Crippen LogP contribution in [0.4, 0.5) is 13.2 Å². The largest absolute Gasteiger partial charge is 0.409 e. The second kappa shape index (κ2) is 2.58. The fourth-order valence-corrected chi connectivity index (χ4v) is 0.714. The van der Waals surface area contributed by atoms with Crippen molar-refractivity contribution < 1.29 is 13.2 Å². The van der Waals surface area contributed by atoms with Gasteiger partial charge in [-0.2, -0.15) is 13.2 Å². The second-order valence-corrected chi connectivity index (χ2v) is 2.14.